The van der Waals surface area contributed by atoms with Crippen molar-refractivity contribution in [2.75, 3.05) is 6.54 Å². The molecule has 0 aliphatic heterocycles. The van der Waals surface area contributed by atoms with Crippen LogP contribution in [0.4, 0.5) is 0 Å². The standard InChI is InChI=1S/C7H15NO/c1-6(2)5-7(9)3-4-8/h6H,3-5,8H2,1-2H3. The van der Waals surface area contributed by atoms with Gasteiger partial charge in [-0.25, -0.2) is 0 Å². The minimum absolute atomic E-state index is 0.285. The summed E-state index contributed by atoms with van der Waals surface area (Å²) in [7, 11) is 0. The molecule has 0 rings (SSSR count). The Morgan fingerprint density at radius 3 is 2.44 bits per heavy atom. The van der Waals surface area contributed by atoms with E-state index in [1.165, 1.54) is 0 Å². The Labute approximate surface area is 56.4 Å². The van der Waals surface area contributed by atoms with Gasteiger partial charge >= 0.3 is 0 Å². The smallest absolute Gasteiger partial charge is 0.134 e. The van der Waals surface area contributed by atoms with Gasteiger partial charge in [-0.05, 0) is 12.5 Å². The third-order valence-electron chi connectivity index (χ3n) is 1.06. The normalized spacial score (nSPS) is 10.2. The quantitative estimate of drug-likeness (QED) is 0.614. The topological polar surface area (TPSA) is 43.1 Å². The van der Waals surface area contributed by atoms with Crippen molar-refractivity contribution in [3.05, 3.63) is 0 Å². The lowest BCUT2D eigenvalue weighted by Gasteiger charge is -2.00. The molecule has 54 valence electrons. The number of rotatable bonds is 4. The van der Waals surface area contributed by atoms with Crippen molar-refractivity contribution in [2.45, 2.75) is 26.7 Å². The van der Waals surface area contributed by atoms with Gasteiger partial charge in [-0.2, -0.15) is 0 Å². The second kappa shape index (κ2) is 4.50. The second-order valence-corrected chi connectivity index (χ2v) is 2.68. The fourth-order valence-corrected chi connectivity index (χ4v) is 0.718. The number of hydrogen-bond donors (Lipinski definition) is 1. The molecule has 0 atom stereocenters. The van der Waals surface area contributed by atoms with E-state index < -0.39 is 0 Å². The van der Waals surface area contributed by atoms with Gasteiger partial charge in [-0.1, -0.05) is 13.8 Å². The molecule has 2 heteroatoms. The van der Waals surface area contributed by atoms with Crippen LogP contribution in [0.25, 0.3) is 0 Å². The van der Waals surface area contributed by atoms with Gasteiger partial charge in [0.1, 0.15) is 5.78 Å². The van der Waals surface area contributed by atoms with E-state index in [1.807, 2.05) is 13.8 Å². The summed E-state index contributed by atoms with van der Waals surface area (Å²) < 4.78 is 0. The highest BCUT2D eigenvalue weighted by molar-refractivity contribution is 5.78. The summed E-state index contributed by atoms with van der Waals surface area (Å²) in [4.78, 5) is 10.8. The zero-order valence-electron chi connectivity index (χ0n) is 6.18. The summed E-state index contributed by atoms with van der Waals surface area (Å²) in [5.74, 6) is 0.761. The molecule has 0 bridgehead atoms. The molecule has 0 amide bonds. The van der Waals surface area contributed by atoms with Crippen molar-refractivity contribution >= 4 is 5.78 Å². The third-order valence-corrected chi connectivity index (χ3v) is 1.06. The fraction of sp³-hybridized carbons (Fsp3) is 0.857. The van der Waals surface area contributed by atoms with Gasteiger partial charge in [-0.3, -0.25) is 4.79 Å². The predicted molar refractivity (Wildman–Crippen MR) is 38.1 cm³/mol. The average Bonchev–Trinajstić information content (AvgIpc) is 1.63. The van der Waals surface area contributed by atoms with Crippen molar-refractivity contribution < 1.29 is 4.79 Å². The molecule has 0 aliphatic carbocycles. The molecule has 0 saturated carbocycles. The minimum Gasteiger partial charge on any atom is -0.330 e. The van der Waals surface area contributed by atoms with Crippen molar-refractivity contribution in [1.82, 2.24) is 0 Å². The molecule has 0 aromatic heterocycles. The van der Waals surface area contributed by atoms with E-state index in [0.717, 1.165) is 0 Å². The van der Waals surface area contributed by atoms with Crippen LogP contribution in [0.2, 0.25) is 0 Å². The SMILES string of the molecule is CC(C)CC(=O)CCN. The van der Waals surface area contributed by atoms with E-state index in [9.17, 15) is 4.79 Å². The number of Topliss-reactive ketones (excluding diaryl/α,β-unsaturated/α-hetero) is 1. The van der Waals surface area contributed by atoms with Crippen LogP contribution in [-0.2, 0) is 4.79 Å². The lowest BCUT2D eigenvalue weighted by Crippen LogP contribution is -2.09. The van der Waals surface area contributed by atoms with Crippen LogP contribution in [0.1, 0.15) is 26.7 Å². The monoisotopic (exact) mass is 129 g/mol. The molecule has 0 spiro atoms. The van der Waals surface area contributed by atoms with Gasteiger partial charge in [0, 0.05) is 12.8 Å². The molecule has 2 nitrogen and oxygen atoms in total. The van der Waals surface area contributed by atoms with E-state index in [4.69, 9.17) is 5.73 Å². The summed E-state index contributed by atoms with van der Waals surface area (Å²) >= 11 is 0. The summed E-state index contributed by atoms with van der Waals surface area (Å²) in [6.07, 6.45) is 1.22. The van der Waals surface area contributed by atoms with E-state index in [1.54, 1.807) is 0 Å². The molecule has 0 aliphatic rings. The van der Waals surface area contributed by atoms with Gasteiger partial charge in [0.2, 0.25) is 0 Å². The van der Waals surface area contributed by atoms with Crippen LogP contribution in [0.3, 0.4) is 0 Å². The molecule has 0 radical (unpaired) electrons. The Morgan fingerprint density at radius 1 is 1.56 bits per heavy atom. The Bertz CT molecular complexity index is 88.9. The summed E-state index contributed by atoms with van der Waals surface area (Å²) in [6.45, 7) is 4.56. The van der Waals surface area contributed by atoms with E-state index in [0.29, 0.717) is 25.3 Å². The zero-order chi connectivity index (χ0) is 7.28. The van der Waals surface area contributed by atoms with Crippen molar-refractivity contribution in [3.63, 3.8) is 0 Å². The highest BCUT2D eigenvalue weighted by Gasteiger charge is 2.01. The Hall–Kier alpha value is -0.370. The lowest BCUT2D eigenvalue weighted by atomic mass is 10.1. The summed E-state index contributed by atoms with van der Waals surface area (Å²) in [5, 5.41) is 0. The van der Waals surface area contributed by atoms with Crippen LogP contribution < -0.4 is 5.73 Å². The Kier molecular flexibility index (Phi) is 4.32. The summed E-state index contributed by atoms with van der Waals surface area (Å²) in [6, 6.07) is 0. The maximum absolute atomic E-state index is 10.8. The van der Waals surface area contributed by atoms with Crippen LogP contribution in [-0.4, -0.2) is 12.3 Å². The van der Waals surface area contributed by atoms with Crippen LogP contribution in [0, 0.1) is 5.92 Å². The Balaban J connectivity index is 3.27. The molecular formula is C7H15NO. The van der Waals surface area contributed by atoms with E-state index >= 15 is 0 Å². The largest absolute Gasteiger partial charge is 0.330 e. The minimum atomic E-state index is 0.285. The predicted octanol–water partition coefficient (Wildman–Crippen LogP) is 0.950. The second-order valence-electron chi connectivity index (χ2n) is 2.68. The molecule has 0 saturated heterocycles. The molecular weight excluding hydrogens is 114 g/mol. The van der Waals surface area contributed by atoms with Gasteiger partial charge in [-0.15, -0.1) is 0 Å². The molecule has 0 aromatic rings. The number of hydrogen-bond acceptors (Lipinski definition) is 2. The van der Waals surface area contributed by atoms with E-state index in [-0.39, 0.29) is 5.78 Å². The lowest BCUT2D eigenvalue weighted by molar-refractivity contribution is -0.119. The van der Waals surface area contributed by atoms with Gasteiger partial charge < -0.3 is 5.73 Å². The highest BCUT2D eigenvalue weighted by atomic mass is 16.1. The van der Waals surface area contributed by atoms with Crippen molar-refractivity contribution in [2.24, 2.45) is 11.7 Å². The highest BCUT2D eigenvalue weighted by Crippen LogP contribution is 2.00. The van der Waals surface area contributed by atoms with Crippen LogP contribution in [0.15, 0.2) is 0 Å². The van der Waals surface area contributed by atoms with Crippen LogP contribution in [0.5, 0.6) is 0 Å². The number of carbonyl (C=O) groups is 1. The maximum Gasteiger partial charge on any atom is 0.134 e. The molecule has 9 heavy (non-hydrogen) atoms. The molecule has 0 fully saturated rings. The fourth-order valence-electron chi connectivity index (χ4n) is 0.718. The van der Waals surface area contributed by atoms with E-state index in [2.05, 4.69) is 0 Å². The first-order valence-electron chi connectivity index (χ1n) is 3.38. The van der Waals surface area contributed by atoms with Gasteiger partial charge in [0.15, 0.2) is 0 Å². The van der Waals surface area contributed by atoms with Crippen LogP contribution >= 0.6 is 0 Å². The first-order valence-corrected chi connectivity index (χ1v) is 3.38. The first kappa shape index (κ1) is 8.63. The number of carbonyl (C=O) groups excluding carboxylic acids is 1. The third kappa shape index (κ3) is 5.50. The number of nitrogens with two attached hydrogens (primary N) is 1. The first-order chi connectivity index (χ1) is 4.16. The average molecular weight is 129 g/mol. The maximum atomic E-state index is 10.8. The molecule has 2 N–H and O–H groups in total. The van der Waals surface area contributed by atoms with Gasteiger partial charge in [0.05, 0.1) is 0 Å². The number of ketones is 1. The molecule has 0 aromatic carbocycles. The van der Waals surface area contributed by atoms with Crippen molar-refractivity contribution in [1.29, 1.82) is 0 Å². The van der Waals surface area contributed by atoms with Crippen molar-refractivity contribution in [3.8, 4) is 0 Å². The molecule has 0 unspecified atom stereocenters. The van der Waals surface area contributed by atoms with Gasteiger partial charge in [0.25, 0.3) is 0 Å². The molecule has 0 heterocycles. The zero-order valence-corrected chi connectivity index (χ0v) is 6.18. The Morgan fingerprint density at radius 2 is 2.11 bits per heavy atom. The summed E-state index contributed by atoms with van der Waals surface area (Å²) in [5.41, 5.74) is 5.18.